The number of nitrogens with zero attached hydrogens (tertiary/aromatic N) is 1. The number of benzene rings is 1. The summed E-state index contributed by atoms with van der Waals surface area (Å²) in [6, 6.07) is 2.92. The second-order valence-corrected chi connectivity index (χ2v) is 3.87. The monoisotopic (exact) mass is 241 g/mol. The van der Waals surface area contributed by atoms with Crippen LogP contribution in [0.1, 0.15) is 17.3 Å². The first-order valence-corrected chi connectivity index (χ1v) is 5.46. The topological polar surface area (TPSA) is 50.9 Å². The first kappa shape index (κ1) is 11.1. The third kappa shape index (κ3) is 1.95. The van der Waals surface area contributed by atoms with Crippen molar-refractivity contribution in [3.63, 3.8) is 0 Å². The highest BCUT2D eigenvalue weighted by Gasteiger charge is 2.21. The maximum absolute atomic E-state index is 13.5. The molecular formula is C10H9F2N3S. The summed E-state index contributed by atoms with van der Waals surface area (Å²) in [7, 11) is 0. The number of thiazole rings is 1. The van der Waals surface area contributed by atoms with Crippen LogP contribution in [0.2, 0.25) is 0 Å². The van der Waals surface area contributed by atoms with Crippen LogP contribution in [-0.2, 0) is 0 Å². The fourth-order valence-electron chi connectivity index (χ4n) is 1.47. The van der Waals surface area contributed by atoms with Gasteiger partial charge in [-0.05, 0) is 12.1 Å². The van der Waals surface area contributed by atoms with Gasteiger partial charge in [0.05, 0.1) is 17.2 Å². The van der Waals surface area contributed by atoms with Crippen molar-refractivity contribution in [1.82, 2.24) is 10.4 Å². The molecule has 0 aliphatic heterocycles. The average molecular weight is 241 g/mol. The summed E-state index contributed by atoms with van der Waals surface area (Å²) in [5, 5.41) is 1.69. The average Bonchev–Trinajstić information content (AvgIpc) is 2.77. The van der Waals surface area contributed by atoms with Gasteiger partial charge in [0.2, 0.25) is 0 Å². The van der Waals surface area contributed by atoms with Crippen LogP contribution in [0, 0.1) is 11.6 Å². The van der Waals surface area contributed by atoms with Gasteiger partial charge in [0.25, 0.3) is 0 Å². The van der Waals surface area contributed by atoms with E-state index in [4.69, 9.17) is 5.84 Å². The number of rotatable bonds is 3. The van der Waals surface area contributed by atoms with E-state index in [2.05, 4.69) is 10.4 Å². The van der Waals surface area contributed by atoms with Crippen molar-refractivity contribution in [2.75, 3.05) is 0 Å². The van der Waals surface area contributed by atoms with Crippen LogP contribution in [0.15, 0.2) is 29.1 Å². The molecule has 0 bridgehead atoms. The van der Waals surface area contributed by atoms with Crippen LogP contribution in [-0.4, -0.2) is 4.98 Å². The van der Waals surface area contributed by atoms with Crippen molar-refractivity contribution in [1.29, 1.82) is 0 Å². The third-order valence-corrected chi connectivity index (χ3v) is 2.81. The van der Waals surface area contributed by atoms with E-state index >= 15 is 0 Å². The predicted octanol–water partition coefficient (Wildman–Crippen LogP) is 1.97. The minimum absolute atomic E-state index is 0.115. The number of hydrazine groups is 1. The van der Waals surface area contributed by atoms with Crippen molar-refractivity contribution in [2.24, 2.45) is 5.84 Å². The Morgan fingerprint density at radius 3 is 2.50 bits per heavy atom. The van der Waals surface area contributed by atoms with Gasteiger partial charge >= 0.3 is 0 Å². The Bertz CT molecular complexity index is 453. The molecule has 0 amide bonds. The number of hydrogen-bond acceptors (Lipinski definition) is 4. The third-order valence-electron chi connectivity index (χ3n) is 2.20. The zero-order valence-electron chi connectivity index (χ0n) is 8.15. The summed E-state index contributed by atoms with van der Waals surface area (Å²) in [5.74, 6) is 4.03. The van der Waals surface area contributed by atoms with Gasteiger partial charge in [-0.1, -0.05) is 6.07 Å². The van der Waals surface area contributed by atoms with Gasteiger partial charge in [-0.15, -0.1) is 11.3 Å². The minimum Gasteiger partial charge on any atom is -0.271 e. The Morgan fingerprint density at radius 2 is 2.00 bits per heavy atom. The number of nitrogens with two attached hydrogens (primary N) is 1. The predicted molar refractivity (Wildman–Crippen MR) is 57.6 cm³/mol. The molecule has 0 saturated carbocycles. The highest BCUT2D eigenvalue weighted by molar-refractivity contribution is 7.07. The second kappa shape index (κ2) is 4.65. The molecular weight excluding hydrogens is 232 g/mol. The van der Waals surface area contributed by atoms with Gasteiger partial charge in [-0.25, -0.2) is 19.2 Å². The lowest BCUT2D eigenvalue weighted by Crippen LogP contribution is -2.30. The van der Waals surface area contributed by atoms with E-state index in [1.54, 1.807) is 10.9 Å². The van der Waals surface area contributed by atoms with Gasteiger partial charge in [0.15, 0.2) is 0 Å². The molecule has 2 rings (SSSR count). The normalized spacial score (nSPS) is 12.7. The van der Waals surface area contributed by atoms with E-state index in [1.165, 1.54) is 29.5 Å². The van der Waals surface area contributed by atoms with Crippen molar-refractivity contribution in [3.8, 4) is 0 Å². The standard InChI is InChI=1S/C10H9F2N3S/c11-6-2-1-3-7(12)9(6)10(15-13)8-4-16-5-14-8/h1-5,10,15H,13H2. The zero-order chi connectivity index (χ0) is 11.5. The Kier molecular flexibility index (Phi) is 3.23. The Morgan fingerprint density at radius 1 is 1.31 bits per heavy atom. The van der Waals surface area contributed by atoms with Crippen molar-refractivity contribution >= 4 is 11.3 Å². The molecule has 0 aliphatic carbocycles. The van der Waals surface area contributed by atoms with Gasteiger partial charge < -0.3 is 0 Å². The smallest absolute Gasteiger partial charge is 0.131 e. The lowest BCUT2D eigenvalue weighted by molar-refractivity contribution is 0.506. The SMILES string of the molecule is NNC(c1cscn1)c1c(F)cccc1F. The molecule has 3 nitrogen and oxygen atoms in total. The summed E-state index contributed by atoms with van der Waals surface area (Å²) < 4.78 is 27.0. The molecule has 1 unspecified atom stereocenters. The zero-order valence-corrected chi connectivity index (χ0v) is 8.97. The molecule has 1 aromatic heterocycles. The minimum atomic E-state index is -0.771. The van der Waals surface area contributed by atoms with Crippen molar-refractivity contribution < 1.29 is 8.78 Å². The quantitative estimate of drug-likeness (QED) is 0.638. The lowest BCUT2D eigenvalue weighted by Gasteiger charge is -2.15. The van der Waals surface area contributed by atoms with E-state index < -0.39 is 17.7 Å². The number of nitrogens with one attached hydrogen (secondary N) is 1. The van der Waals surface area contributed by atoms with E-state index in [-0.39, 0.29) is 5.56 Å². The van der Waals surface area contributed by atoms with Crippen LogP contribution >= 0.6 is 11.3 Å². The second-order valence-electron chi connectivity index (χ2n) is 3.15. The summed E-state index contributed by atoms with van der Waals surface area (Å²) in [6.45, 7) is 0. The van der Waals surface area contributed by atoms with E-state index in [9.17, 15) is 8.78 Å². The fraction of sp³-hybridized carbons (Fsp3) is 0.100. The Balaban J connectivity index is 2.49. The molecule has 0 aliphatic rings. The highest BCUT2D eigenvalue weighted by atomic mass is 32.1. The molecule has 1 aromatic carbocycles. The molecule has 0 spiro atoms. The van der Waals surface area contributed by atoms with E-state index in [1.807, 2.05) is 0 Å². The van der Waals surface area contributed by atoms with Crippen LogP contribution in [0.5, 0.6) is 0 Å². The lowest BCUT2D eigenvalue weighted by atomic mass is 10.0. The molecule has 0 radical (unpaired) electrons. The molecule has 0 saturated heterocycles. The first-order valence-electron chi connectivity index (χ1n) is 4.52. The number of hydrogen-bond donors (Lipinski definition) is 2. The van der Waals surface area contributed by atoms with Gasteiger partial charge in [0.1, 0.15) is 11.6 Å². The maximum atomic E-state index is 13.5. The number of halogens is 2. The van der Waals surface area contributed by atoms with Crippen LogP contribution < -0.4 is 11.3 Å². The first-order chi connectivity index (χ1) is 7.74. The molecule has 16 heavy (non-hydrogen) atoms. The maximum Gasteiger partial charge on any atom is 0.131 e. The van der Waals surface area contributed by atoms with Crippen LogP contribution in [0.25, 0.3) is 0 Å². The summed E-state index contributed by atoms with van der Waals surface area (Å²) >= 11 is 1.34. The molecule has 1 atom stereocenters. The molecule has 3 N–H and O–H groups in total. The van der Waals surface area contributed by atoms with Crippen LogP contribution in [0.4, 0.5) is 8.78 Å². The Hall–Kier alpha value is -1.37. The molecule has 1 heterocycles. The largest absolute Gasteiger partial charge is 0.271 e. The molecule has 6 heteroatoms. The summed E-state index contributed by atoms with van der Waals surface area (Å²) in [4.78, 5) is 3.99. The van der Waals surface area contributed by atoms with Crippen LogP contribution in [0.3, 0.4) is 0 Å². The summed E-state index contributed by atoms with van der Waals surface area (Å²) in [5.41, 5.74) is 4.33. The number of aromatic nitrogens is 1. The van der Waals surface area contributed by atoms with E-state index in [0.717, 1.165) is 0 Å². The highest BCUT2D eigenvalue weighted by Crippen LogP contribution is 2.25. The fourth-order valence-corrected chi connectivity index (χ4v) is 2.05. The molecule has 0 fully saturated rings. The van der Waals surface area contributed by atoms with Gasteiger partial charge in [-0.2, -0.15) is 0 Å². The van der Waals surface area contributed by atoms with E-state index in [0.29, 0.717) is 5.69 Å². The molecule has 2 aromatic rings. The summed E-state index contributed by atoms with van der Waals surface area (Å²) in [6.07, 6.45) is 0. The van der Waals surface area contributed by atoms with Gasteiger partial charge in [0, 0.05) is 10.9 Å². The Labute approximate surface area is 94.9 Å². The van der Waals surface area contributed by atoms with Gasteiger partial charge in [-0.3, -0.25) is 5.84 Å². The van der Waals surface area contributed by atoms with Crippen molar-refractivity contribution in [3.05, 3.63) is 52.0 Å². The molecule has 84 valence electrons. The van der Waals surface area contributed by atoms with Crippen molar-refractivity contribution in [2.45, 2.75) is 6.04 Å².